The number of pyridine rings is 1. The molecule has 1 saturated heterocycles. The number of carbonyl (C=O) groups is 1. The van der Waals surface area contributed by atoms with Crippen molar-refractivity contribution < 1.29 is 4.79 Å². The van der Waals surface area contributed by atoms with Crippen LogP contribution in [0.5, 0.6) is 0 Å². The van der Waals surface area contributed by atoms with E-state index in [9.17, 15) is 4.79 Å². The monoisotopic (exact) mass is 504 g/mol. The quantitative estimate of drug-likeness (QED) is 0.372. The van der Waals surface area contributed by atoms with Crippen molar-refractivity contribution in [2.24, 2.45) is 17.8 Å². The lowest BCUT2D eigenvalue weighted by molar-refractivity contribution is 0.0740. The molecule has 1 fully saturated rings. The van der Waals surface area contributed by atoms with E-state index in [1.807, 2.05) is 18.3 Å². The summed E-state index contributed by atoms with van der Waals surface area (Å²) in [7, 11) is 0. The lowest BCUT2D eigenvalue weighted by Gasteiger charge is -2.27. The van der Waals surface area contributed by atoms with Crippen LogP contribution in [0.15, 0.2) is 18.3 Å². The van der Waals surface area contributed by atoms with Gasteiger partial charge in [0, 0.05) is 54.2 Å². The molecule has 0 saturated carbocycles. The molecule has 0 atom stereocenters. The number of halogens is 1. The van der Waals surface area contributed by atoms with Gasteiger partial charge in [0.15, 0.2) is 0 Å². The summed E-state index contributed by atoms with van der Waals surface area (Å²) in [4.78, 5) is 20.5. The summed E-state index contributed by atoms with van der Waals surface area (Å²) < 4.78 is 4.40. The summed E-state index contributed by atoms with van der Waals surface area (Å²) in [6, 6.07) is 4.00. The summed E-state index contributed by atoms with van der Waals surface area (Å²) in [6.45, 7) is 14.9. The molecule has 0 N–H and O–H groups in total. The minimum absolute atomic E-state index is 0.148. The van der Waals surface area contributed by atoms with Gasteiger partial charge in [0.05, 0.1) is 11.3 Å². The number of aryl methyl sites for hydroxylation is 1. The molecule has 5 nitrogen and oxygen atoms in total. The topological polar surface area (TPSA) is 40.9 Å². The molecular formula is C26H41BrN4O. The van der Waals surface area contributed by atoms with Crippen molar-refractivity contribution in [3.05, 3.63) is 35.3 Å². The SMILES string of the molecule is CCc1c(CC2CCN(Br)CC2)nc2ccc(C(=O)N(CCC(C)C)CCC(C)C)cn12. The average molecular weight is 506 g/mol. The lowest BCUT2D eigenvalue weighted by Crippen LogP contribution is -2.34. The Labute approximate surface area is 202 Å². The summed E-state index contributed by atoms with van der Waals surface area (Å²) in [5.41, 5.74) is 4.20. The van der Waals surface area contributed by atoms with E-state index in [0.717, 1.165) is 63.1 Å². The highest BCUT2D eigenvalue weighted by molar-refractivity contribution is 9.07. The van der Waals surface area contributed by atoms with Crippen LogP contribution in [0.4, 0.5) is 0 Å². The molecule has 2 aromatic rings. The number of piperidine rings is 1. The van der Waals surface area contributed by atoms with E-state index < -0.39 is 0 Å². The molecular weight excluding hydrogens is 464 g/mol. The average Bonchev–Trinajstić information content (AvgIpc) is 3.10. The van der Waals surface area contributed by atoms with E-state index >= 15 is 0 Å². The van der Waals surface area contributed by atoms with E-state index in [4.69, 9.17) is 4.98 Å². The Morgan fingerprint density at radius 3 is 2.31 bits per heavy atom. The second-order valence-electron chi connectivity index (χ2n) is 10.2. The fraction of sp³-hybridized carbons (Fsp3) is 0.692. The van der Waals surface area contributed by atoms with Gasteiger partial charge in [0.25, 0.3) is 5.91 Å². The van der Waals surface area contributed by atoms with Crippen LogP contribution in [0.2, 0.25) is 0 Å². The summed E-state index contributed by atoms with van der Waals surface area (Å²) in [5.74, 6) is 2.01. The second kappa shape index (κ2) is 11.6. The van der Waals surface area contributed by atoms with E-state index in [0.29, 0.717) is 17.8 Å². The van der Waals surface area contributed by atoms with Gasteiger partial charge >= 0.3 is 0 Å². The van der Waals surface area contributed by atoms with Crippen molar-refractivity contribution in [1.82, 2.24) is 18.2 Å². The summed E-state index contributed by atoms with van der Waals surface area (Å²) in [6.07, 6.45) is 8.47. The molecule has 32 heavy (non-hydrogen) atoms. The summed E-state index contributed by atoms with van der Waals surface area (Å²) in [5, 5.41) is 0. The van der Waals surface area contributed by atoms with Gasteiger partial charge in [-0.1, -0.05) is 34.6 Å². The van der Waals surface area contributed by atoms with Crippen molar-refractivity contribution in [3.8, 4) is 0 Å². The van der Waals surface area contributed by atoms with Crippen molar-refractivity contribution >= 4 is 27.7 Å². The Hall–Kier alpha value is -1.40. The van der Waals surface area contributed by atoms with Crippen LogP contribution in [0.1, 0.15) is 82.0 Å². The van der Waals surface area contributed by atoms with Gasteiger partial charge < -0.3 is 9.30 Å². The van der Waals surface area contributed by atoms with Crippen LogP contribution in [0.3, 0.4) is 0 Å². The zero-order valence-corrected chi connectivity index (χ0v) is 22.2. The number of amides is 1. The third-order valence-corrected chi connectivity index (χ3v) is 7.37. The highest BCUT2D eigenvalue weighted by Gasteiger charge is 2.22. The van der Waals surface area contributed by atoms with Gasteiger partial charge in [0.2, 0.25) is 0 Å². The Kier molecular flexibility index (Phi) is 9.18. The highest BCUT2D eigenvalue weighted by Crippen LogP contribution is 2.26. The number of nitrogens with zero attached hydrogens (tertiary/aromatic N) is 4. The zero-order chi connectivity index (χ0) is 23.3. The van der Waals surface area contributed by atoms with Crippen LogP contribution < -0.4 is 0 Å². The minimum atomic E-state index is 0.148. The maximum absolute atomic E-state index is 13.5. The Balaban J connectivity index is 1.82. The molecule has 3 heterocycles. The molecule has 0 aromatic carbocycles. The van der Waals surface area contributed by atoms with E-state index in [1.165, 1.54) is 24.2 Å². The number of aromatic nitrogens is 2. The van der Waals surface area contributed by atoms with E-state index in [1.54, 1.807) is 0 Å². The van der Waals surface area contributed by atoms with Crippen molar-refractivity contribution in [1.29, 1.82) is 0 Å². The van der Waals surface area contributed by atoms with E-state index in [-0.39, 0.29) is 5.91 Å². The lowest BCUT2D eigenvalue weighted by atomic mass is 9.92. The first-order valence-electron chi connectivity index (χ1n) is 12.5. The Morgan fingerprint density at radius 2 is 1.75 bits per heavy atom. The molecule has 1 aliphatic rings. The van der Waals surface area contributed by atoms with Crippen molar-refractivity contribution in [2.45, 2.75) is 73.1 Å². The molecule has 178 valence electrons. The highest BCUT2D eigenvalue weighted by atomic mass is 79.9. The molecule has 1 aliphatic heterocycles. The first-order valence-corrected chi connectivity index (χ1v) is 13.2. The number of carbonyl (C=O) groups excluding carboxylic acids is 1. The fourth-order valence-corrected chi connectivity index (χ4v) is 4.92. The minimum Gasteiger partial charge on any atom is -0.339 e. The molecule has 1 amide bonds. The van der Waals surface area contributed by atoms with Crippen LogP contribution in [0, 0.1) is 17.8 Å². The van der Waals surface area contributed by atoms with Crippen molar-refractivity contribution in [3.63, 3.8) is 0 Å². The zero-order valence-electron chi connectivity index (χ0n) is 20.6. The molecule has 0 spiro atoms. The molecule has 6 heteroatoms. The second-order valence-corrected chi connectivity index (χ2v) is 11.2. The van der Waals surface area contributed by atoms with Crippen LogP contribution in [-0.2, 0) is 12.8 Å². The van der Waals surface area contributed by atoms with E-state index in [2.05, 4.69) is 64.0 Å². The van der Waals surface area contributed by atoms with Crippen molar-refractivity contribution in [2.75, 3.05) is 26.2 Å². The number of hydrogen-bond acceptors (Lipinski definition) is 3. The first-order chi connectivity index (χ1) is 15.3. The molecule has 3 rings (SSSR count). The van der Waals surface area contributed by atoms with Gasteiger partial charge in [-0.05, 0) is 68.4 Å². The first kappa shape index (κ1) is 25.2. The molecule has 0 bridgehead atoms. The molecule has 0 unspecified atom stereocenters. The smallest absolute Gasteiger partial charge is 0.255 e. The predicted molar refractivity (Wildman–Crippen MR) is 136 cm³/mol. The van der Waals surface area contributed by atoms with Crippen LogP contribution in [0.25, 0.3) is 5.65 Å². The predicted octanol–water partition coefficient (Wildman–Crippen LogP) is 6.00. The van der Waals surface area contributed by atoms with Crippen LogP contribution >= 0.6 is 16.1 Å². The Morgan fingerprint density at radius 1 is 1.12 bits per heavy atom. The fourth-order valence-electron chi connectivity index (χ4n) is 4.51. The standard InChI is InChI=1S/C26H41BrN4O/c1-6-24-23(17-21-11-15-30(27)16-12-21)28-25-8-7-22(18-31(24)25)26(32)29(13-9-19(2)3)14-10-20(4)5/h7-8,18-21H,6,9-17H2,1-5H3. The molecule has 0 radical (unpaired) electrons. The number of hydrogen-bond donors (Lipinski definition) is 0. The van der Waals surface area contributed by atoms with Gasteiger partial charge in [-0.2, -0.15) is 0 Å². The molecule has 2 aromatic heterocycles. The number of rotatable bonds is 10. The number of imidazole rings is 1. The third-order valence-electron chi connectivity index (χ3n) is 6.66. The van der Waals surface area contributed by atoms with Gasteiger partial charge in [-0.25, -0.2) is 8.91 Å². The summed E-state index contributed by atoms with van der Waals surface area (Å²) >= 11 is 3.61. The normalized spacial score (nSPS) is 15.9. The van der Waals surface area contributed by atoms with Gasteiger partial charge in [-0.15, -0.1) is 0 Å². The van der Waals surface area contributed by atoms with Gasteiger partial charge in [-0.3, -0.25) is 4.79 Å². The Bertz CT molecular complexity index is 871. The third kappa shape index (κ3) is 6.57. The maximum Gasteiger partial charge on any atom is 0.255 e. The maximum atomic E-state index is 13.5. The van der Waals surface area contributed by atoms with Crippen LogP contribution in [-0.4, -0.2) is 50.3 Å². The largest absolute Gasteiger partial charge is 0.339 e. The number of fused-ring (bicyclic) bond motifs is 1. The van der Waals surface area contributed by atoms with Gasteiger partial charge in [0.1, 0.15) is 5.65 Å². The molecule has 0 aliphatic carbocycles.